The summed E-state index contributed by atoms with van der Waals surface area (Å²) in [4.78, 5) is 10.00. The van der Waals surface area contributed by atoms with Crippen LogP contribution < -0.4 is 0 Å². The van der Waals surface area contributed by atoms with Crippen LogP contribution in [0.3, 0.4) is 0 Å². The molecule has 0 saturated heterocycles. The molecule has 214 valence electrons. The fourth-order valence-electron chi connectivity index (χ4n) is 6.51. The zero-order valence-electron chi connectivity index (χ0n) is 24.8. The molecule has 3 aromatic heterocycles. The van der Waals surface area contributed by atoms with Crippen LogP contribution in [0.15, 0.2) is 158 Å². The molecule has 0 spiro atoms. The molecule has 0 atom stereocenters. The van der Waals surface area contributed by atoms with E-state index in [1.165, 1.54) is 27.2 Å². The van der Waals surface area contributed by atoms with E-state index in [0.29, 0.717) is 5.82 Å². The van der Waals surface area contributed by atoms with Gasteiger partial charge in [-0.15, -0.1) is 0 Å². The third kappa shape index (κ3) is 4.26. The Bertz CT molecular complexity index is 2430. The summed E-state index contributed by atoms with van der Waals surface area (Å²) in [6.07, 6.45) is 2.14. The summed E-state index contributed by atoms with van der Waals surface area (Å²) < 4.78 is 4.60. The van der Waals surface area contributed by atoms with Crippen LogP contribution in [-0.2, 0) is 0 Å². The van der Waals surface area contributed by atoms with Crippen molar-refractivity contribution in [2.24, 2.45) is 0 Å². The zero-order valence-corrected chi connectivity index (χ0v) is 24.8. The molecule has 0 bridgehead atoms. The molecule has 0 radical (unpaired) electrons. The average Bonchev–Trinajstić information content (AvgIpc) is 3.72. The molecule has 0 amide bonds. The van der Waals surface area contributed by atoms with Gasteiger partial charge in [0.2, 0.25) is 0 Å². The third-order valence-corrected chi connectivity index (χ3v) is 8.67. The minimum atomic E-state index is 0.712. The first-order valence-electron chi connectivity index (χ1n) is 15.3. The lowest BCUT2D eigenvalue weighted by atomic mass is 10.1. The van der Waals surface area contributed by atoms with Crippen molar-refractivity contribution in [2.75, 3.05) is 0 Å². The second kappa shape index (κ2) is 10.6. The summed E-state index contributed by atoms with van der Waals surface area (Å²) in [6, 6.07) is 58.7. The van der Waals surface area contributed by atoms with Crippen molar-refractivity contribution in [1.29, 1.82) is 0 Å². The number of aromatic nitrogens is 4. The molecule has 46 heavy (non-hydrogen) atoms. The van der Waals surface area contributed by atoms with Crippen molar-refractivity contribution in [2.45, 2.75) is 0 Å². The molecule has 0 saturated carbocycles. The Balaban J connectivity index is 1.21. The summed E-state index contributed by atoms with van der Waals surface area (Å²) in [5, 5.41) is 3.66. The van der Waals surface area contributed by atoms with Gasteiger partial charge in [-0.25, -0.2) is 9.97 Å². The highest BCUT2D eigenvalue weighted by atomic mass is 15.0. The lowest BCUT2D eigenvalue weighted by molar-refractivity contribution is 1.13. The van der Waals surface area contributed by atoms with Gasteiger partial charge < -0.3 is 9.13 Å². The van der Waals surface area contributed by atoms with E-state index >= 15 is 0 Å². The van der Waals surface area contributed by atoms with E-state index in [4.69, 9.17) is 9.97 Å². The molecule has 0 fully saturated rings. The number of rotatable bonds is 5. The van der Waals surface area contributed by atoms with E-state index in [1.54, 1.807) is 0 Å². The summed E-state index contributed by atoms with van der Waals surface area (Å²) in [6.45, 7) is 0. The first-order valence-corrected chi connectivity index (χ1v) is 15.3. The number of hydrogen-bond donors (Lipinski definition) is 0. The van der Waals surface area contributed by atoms with Crippen molar-refractivity contribution >= 4 is 32.7 Å². The Kier molecular flexibility index (Phi) is 6.01. The molecule has 0 unspecified atom stereocenters. The maximum atomic E-state index is 5.04. The predicted molar refractivity (Wildman–Crippen MR) is 187 cm³/mol. The number of hydrogen-bond acceptors (Lipinski definition) is 2. The molecule has 0 aliphatic rings. The van der Waals surface area contributed by atoms with Gasteiger partial charge in [0.15, 0.2) is 5.82 Å². The molecule has 3 heterocycles. The zero-order chi connectivity index (χ0) is 30.5. The van der Waals surface area contributed by atoms with Crippen LogP contribution in [0.4, 0.5) is 0 Å². The molecule has 0 aliphatic carbocycles. The van der Waals surface area contributed by atoms with Crippen LogP contribution in [0, 0.1) is 12.1 Å². The number of benzene rings is 5. The topological polar surface area (TPSA) is 35.6 Å². The Hall–Kier alpha value is -6.44. The maximum absolute atomic E-state index is 5.04. The molecule has 4 heteroatoms. The van der Waals surface area contributed by atoms with Gasteiger partial charge in [0, 0.05) is 50.8 Å². The van der Waals surface area contributed by atoms with Crippen molar-refractivity contribution in [3.05, 3.63) is 170 Å². The van der Waals surface area contributed by atoms with Gasteiger partial charge >= 0.3 is 0 Å². The standard InChI is InChI=1S/C42H26N4/c1-4-12-29(13-5-1)37-28-38(44-42(43-37)31-14-6-2-7-15-31)30-20-22-33(23-21-30)46-40-19-11-10-18-34(40)35-24-25-39-36(41(35)46)26-27-45(39)32-16-8-3-9-17-32/h1-2,4-8,10-28H. The Labute approximate surface area is 266 Å². The first kappa shape index (κ1) is 26.0. The van der Waals surface area contributed by atoms with Gasteiger partial charge in [0.25, 0.3) is 0 Å². The van der Waals surface area contributed by atoms with Crippen LogP contribution in [0.2, 0.25) is 0 Å². The Morgan fingerprint density at radius 1 is 0.478 bits per heavy atom. The highest BCUT2D eigenvalue weighted by molar-refractivity contribution is 6.18. The largest absolute Gasteiger partial charge is 0.316 e. The number of para-hydroxylation sites is 1. The van der Waals surface area contributed by atoms with Crippen LogP contribution >= 0.6 is 0 Å². The third-order valence-electron chi connectivity index (χ3n) is 8.67. The Morgan fingerprint density at radius 3 is 1.91 bits per heavy atom. The predicted octanol–water partition coefficient (Wildman–Crippen LogP) is 10.1. The van der Waals surface area contributed by atoms with Gasteiger partial charge in [-0.05, 0) is 48.5 Å². The molecule has 9 rings (SSSR count). The fourth-order valence-corrected chi connectivity index (χ4v) is 6.51. The summed E-state index contributed by atoms with van der Waals surface area (Å²) in [5.74, 6) is 0.712. The van der Waals surface area contributed by atoms with E-state index in [9.17, 15) is 0 Å². The van der Waals surface area contributed by atoms with Crippen molar-refractivity contribution in [3.63, 3.8) is 0 Å². The average molecular weight is 587 g/mol. The van der Waals surface area contributed by atoms with E-state index in [1.807, 2.05) is 48.5 Å². The minimum absolute atomic E-state index is 0.712. The van der Waals surface area contributed by atoms with E-state index in [2.05, 4.69) is 131 Å². The molecule has 6 aromatic carbocycles. The second-order valence-corrected chi connectivity index (χ2v) is 11.4. The van der Waals surface area contributed by atoms with Crippen LogP contribution in [0.1, 0.15) is 0 Å². The van der Waals surface area contributed by atoms with Gasteiger partial charge in [-0.1, -0.05) is 109 Å². The summed E-state index contributed by atoms with van der Waals surface area (Å²) in [7, 11) is 0. The van der Waals surface area contributed by atoms with E-state index < -0.39 is 0 Å². The quantitative estimate of drug-likeness (QED) is 0.201. The number of nitrogens with zero attached hydrogens (tertiary/aromatic N) is 4. The van der Waals surface area contributed by atoms with Gasteiger partial charge in [0.1, 0.15) is 0 Å². The normalized spacial score (nSPS) is 11.3. The monoisotopic (exact) mass is 586 g/mol. The second-order valence-electron chi connectivity index (χ2n) is 11.4. The molecule has 0 aliphatic heterocycles. The van der Waals surface area contributed by atoms with Crippen LogP contribution in [-0.4, -0.2) is 19.1 Å². The first-order chi connectivity index (χ1) is 22.8. The lowest BCUT2D eigenvalue weighted by Gasteiger charge is -2.12. The lowest BCUT2D eigenvalue weighted by Crippen LogP contribution is -1.97. The molecule has 9 aromatic rings. The van der Waals surface area contributed by atoms with Crippen LogP contribution in [0.25, 0.3) is 78.0 Å². The minimum Gasteiger partial charge on any atom is -0.316 e. The summed E-state index contributed by atoms with van der Waals surface area (Å²) in [5.41, 5.74) is 10.6. The number of fused-ring (bicyclic) bond motifs is 5. The highest BCUT2D eigenvalue weighted by Gasteiger charge is 2.17. The van der Waals surface area contributed by atoms with E-state index in [-0.39, 0.29) is 0 Å². The maximum Gasteiger partial charge on any atom is 0.160 e. The van der Waals surface area contributed by atoms with Gasteiger partial charge in [-0.3, -0.25) is 0 Å². The highest BCUT2D eigenvalue weighted by Crippen LogP contribution is 2.38. The molecule has 0 N–H and O–H groups in total. The SMILES string of the molecule is c1ccc(-n2ccc3c2ccc2c4ccccc4n(-c4ccc(-c5cc(-c6ccccc6)nc(-c6ccccc6)n5)cc4)c23)cc#1. The van der Waals surface area contributed by atoms with Crippen molar-refractivity contribution in [3.8, 4) is 45.3 Å². The Morgan fingerprint density at radius 2 is 1.17 bits per heavy atom. The van der Waals surface area contributed by atoms with Crippen LogP contribution in [0.5, 0.6) is 0 Å². The molecular formula is C42H26N4. The molecule has 4 nitrogen and oxygen atoms in total. The van der Waals surface area contributed by atoms with Crippen molar-refractivity contribution < 1.29 is 0 Å². The summed E-state index contributed by atoms with van der Waals surface area (Å²) >= 11 is 0. The smallest absolute Gasteiger partial charge is 0.160 e. The van der Waals surface area contributed by atoms with E-state index in [0.717, 1.165) is 45.0 Å². The fraction of sp³-hybridized carbons (Fsp3) is 0. The van der Waals surface area contributed by atoms with Gasteiger partial charge in [-0.2, -0.15) is 0 Å². The van der Waals surface area contributed by atoms with Gasteiger partial charge in [0.05, 0.1) is 33.6 Å². The van der Waals surface area contributed by atoms with Crippen molar-refractivity contribution in [1.82, 2.24) is 19.1 Å². The molecular weight excluding hydrogens is 560 g/mol.